The number of hydrogen-bond acceptors (Lipinski definition) is 4. The first-order valence-electron chi connectivity index (χ1n) is 9.86. The summed E-state index contributed by atoms with van der Waals surface area (Å²) in [7, 11) is 0. The first-order chi connectivity index (χ1) is 15.4. The number of para-hydroxylation sites is 1. The Morgan fingerprint density at radius 3 is 2.45 bits per heavy atom. The predicted octanol–water partition coefficient (Wildman–Crippen LogP) is 5.98. The van der Waals surface area contributed by atoms with E-state index in [4.69, 9.17) is 27.6 Å². The third-order valence-corrected chi connectivity index (χ3v) is 5.64. The number of pyridine rings is 1. The van der Waals surface area contributed by atoms with Crippen LogP contribution in [0.5, 0.6) is 0 Å². The maximum absolute atomic E-state index is 12.8. The van der Waals surface area contributed by atoms with Crippen molar-refractivity contribution in [1.82, 2.24) is 10.3 Å². The van der Waals surface area contributed by atoms with Gasteiger partial charge in [-0.15, -0.1) is 12.4 Å². The van der Waals surface area contributed by atoms with Crippen molar-refractivity contribution in [2.75, 3.05) is 5.32 Å². The van der Waals surface area contributed by atoms with Crippen LogP contribution in [0.3, 0.4) is 0 Å². The van der Waals surface area contributed by atoms with Crippen molar-refractivity contribution < 1.29 is 14.0 Å². The van der Waals surface area contributed by atoms with Gasteiger partial charge in [0.25, 0.3) is 5.91 Å². The van der Waals surface area contributed by atoms with E-state index in [1.807, 2.05) is 18.2 Å². The van der Waals surface area contributed by atoms with Gasteiger partial charge in [-0.05, 0) is 36.8 Å². The van der Waals surface area contributed by atoms with E-state index in [0.717, 1.165) is 16.5 Å². The lowest BCUT2D eigenvalue weighted by molar-refractivity contribution is -0.120. The van der Waals surface area contributed by atoms with Gasteiger partial charge in [0, 0.05) is 29.9 Å². The molecule has 0 saturated carbocycles. The van der Waals surface area contributed by atoms with Gasteiger partial charge in [0.05, 0.1) is 27.7 Å². The summed E-state index contributed by atoms with van der Waals surface area (Å²) in [6.07, 6.45) is 3.54. The van der Waals surface area contributed by atoms with Crippen molar-refractivity contribution in [3.05, 3.63) is 93.4 Å². The maximum Gasteiger partial charge on any atom is 0.258 e. The minimum absolute atomic E-state index is 0. The fourth-order valence-electron chi connectivity index (χ4n) is 3.43. The van der Waals surface area contributed by atoms with Crippen LogP contribution in [-0.2, 0) is 17.8 Å². The molecular weight excluding hydrogens is 485 g/mol. The van der Waals surface area contributed by atoms with Gasteiger partial charge in [-0.3, -0.25) is 14.6 Å². The molecule has 0 saturated heterocycles. The Balaban J connectivity index is 0.00000306. The standard InChI is InChI=1S/C24H19Cl2N3O3.ClH/c1-14-17(11-21(30)28-13-15-5-4-10-27-12-15)16-6-2-9-20(23(16)32-14)29-24(31)22-18(25)7-3-8-19(22)26;/h2-10,12H,11,13H2,1H3,(H,28,30)(H,29,31);1H. The maximum atomic E-state index is 12.8. The summed E-state index contributed by atoms with van der Waals surface area (Å²) >= 11 is 12.3. The lowest BCUT2D eigenvalue weighted by Gasteiger charge is -2.09. The van der Waals surface area contributed by atoms with Crippen LogP contribution in [0, 0.1) is 6.92 Å². The molecule has 33 heavy (non-hydrogen) atoms. The lowest BCUT2D eigenvalue weighted by atomic mass is 10.1. The van der Waals surface area contributed by atoms with Crippen molar-refractivity contribution in [1.29, 1.82) is 0 Å². The van der Waals surface area contributed by atoms with E-state index in [1.165, 1.54) is 0 Å². The molecule has 2 amide bonds. The summed E-state index contributed by atoms with van der Waals surface area (Å²) in [6, 6.07) is 14.0. The highest BCUT2D eigenvalue weighted by Crippen LogP contribution is 2.33. The summed E-state index contributed by atoms with van der Waals surface area (Å²) in [6.45, 7) is 2.18. The number of nitrogens with zero attached hydrogens (tertiary/aromatic N) is 1. The van der Waals surface area contributed by atoms with Crippen LogP contribution in [0.15, 0.2) is 65.3 Å². The van der Waals surface area contributed by atoms with Crippen molar-refractivity contribution >= 4 is 64.1 Å². The van der Waals surface area contributed by atoms with Gasteiger partial charge in [0.1, 0.15) is 5.76 Å². The van der Waals surface area contributed by atoms with Gasteiger partial charge in [-0.1, -0.05) is 47.5 Å². The molecule has 0 radical (unpaired) electrons. The predicted molar refractivity (Wildman–Crippen MR) is 132 cm³/mol. The average Bonchev–Trinajstić information content (AvgIpc) is 3.09. The summed E-state index contributed by atoms with van der Waals surface area (Å²) in [5.41, 5.74) is 2.81. The zero-order valence-electron chi connectivity index (χ0n) is 17.5. The zero-order valence-corrected chi connectivity index (χ0v) is 19.9. The van der Waals surface area contributed by atoms with E-state index in [-0.39, 0.29) is 40.3 Å². The van der Waals surface area contributed by atoms with Gasteiger partial charge in [-0.25, -0.2) is 0 Å². The molecule has 0 aliphatic heterocycles. The summed E-state index contributed by atoms with van der Waals surface area (Å²) < 4.78 is 5.92. The van der Waals surface area contributed by atoms with E-state index in [0.29, 0.717) is 23.6 Å². The molecule has 0 unspecified atom stereocenters. The second-order valence-electron chi connectivity index (χ2n) is 7.18. The van der Waals surface area contributed by atoms with E-state index in [1.54, 1.807) is 49.6 Å². The molecular formula is C24H20Cl3N3O3. The van der Waals surface area contributed by atoms with E-state index in [9.17, 15) is 9.59 Å². The number of nitrogens with one attached hydrogen (secondary N) is 2. The second-order valence-corrected chi connectivity index (χ2v) is 8.00. The Hall–Kier alpha value is -3.06. The first-order valence-corrected chi connectivity index (χ1v) is 10.6. The molecule has 0 spiro atoms. The number of aryl methyl sites for hydroxylation is 1. The average molecular weight is 505 g/mol. The molecule has 2 aromatic heterocycles. The number of hydrogen-bond donors (Lipinski definition) is 2. The molecule has 2 N–H and O–H groups in total. The highest BCUT2D eigenvalue weighted by Gasteiger charge is 2.20. The van der Waals surface area contributed by atoms with Gasteiger partial charge >= 0.3 is 0 Å². The molecule has 4 aromatic rings. The number of halogens is 3. The molecule has 9 heteroatoms. The van der Waals surface area contributed by atoms with E-state index < -0.39 is 5.91 Å². The van der Waals surface area contributed by atoms with Crippen LogP contribution >= 0.6 is 35.6 Å². The number of aromatic nitrogens is 1. The van der Waals surface area contributed by atoms with Crippen LogP contribution < -0.4 is 10.6 Å². The quantitative estimate of drug-likeness (QED) is 0.338. The Bertz CT molecular complexity index is 1290. The SMILES string of the molecule is Cc1oc2c(NC(=O)c3c(Cl)cccc3Cl)cccc2c1CC(=O)NCc1cccnc1.Cl. The Kier molecular flexibility index (Phi) is 7.97. The third-order valence-electron chi connectivity index (χ3n) is 5.01. The number of furan rings is 1. The fraction of sp³-hybridized carbons (Fsp3) is 0.125. The number of carbonyl (C=O) groups is 2. The van der Waals surface area contributed by atoms with Crippen LogP contribution in [0.25, 0.3) is 11.0 Å². The first kappa shape index (κ1) is 24.6. The lowest BCUT2D eigenvalue weighted by Crippen LogP contribution is -2.24. The Labute approximate surface area is 206 Å². The number of anilines is 1. The molecule has 170 valence electrons. The van der Waals surface area contributed by atoms with Crippen molar-refractivity contribution in [3.8, 4) is 0 Å². The smallest absolute Gasteiger partial charge is 0.258 e. The molecule has 0 atom stereocenters. The number of carbonyl (C=O) groups excluding carboxylic acids is 2. The van der Waals surface area contributed by atoms with Crippen LogP contribution in [0.1, 0.15) is 27.2 Å². The minimum Gasteiger partial charge on any atom is -0.459 e. The third kappa shape index (κ3) is 5.47. The fourth-order valence-corrected chi connectivity index (χ4v) is 4.00. The van der Waals surface area contributed by atoms with Gasteiger partial charge in [0.15, 0.2) is 5.58 Å². The molecule has 4 rings (SSSR count). The topological polar surface area (TPSA) is 84.2 Å². The highest BCUT2D eigenvalue weighted by molar-refractivity contribution is 6.40. The molecule has 0 aliphatic rings. The summed E-state index contributed by atoms with van der Waals surface area (Å²) in [5.74, 6) is 0.0175. The van der Waals surface area contributed by atoms with Crippen LogP contribution in [0.2, 0.25) is 10.0 Å². The van der Waals surface area contributed by atoms with Crippen molar-refractivity contribution in [2.45, 2.75) is 19.9 Å². The molecule has 2 heterocycles. The van der Waals surface area contributed by atoms with Crippen LogP contribution in [0.4, 0.5) is 5.69 Å². The van der Waals surface area contributed by atoms with Gasteiger partial charge in [0.2, 0.25) is 5.91 Å². The Morgan fingerprint density at radius 1 is 1.03 bits per heavy atom. The monoisotopic (exact) mass is 503 g/mol. The second kappa shape index (κ2) is 10.7. The van der Waals surface area contributed by atoms with Crippen LogP contribution in [-0.4, -0.2) is 16.8 Å². The number of benzene rings is 2. The highest BCUT2D eigenvalue weighted by atomic mass is 35.5. The van der Waals surface area contributed by atoms with Gasteiger partial charge in [-0.2, -0.15) is 0 Å². The van der Waals surface area contributed by atoms with Crippen molar-refractivity contribution in [2.24, 2.45) is 0 Å². The molecule has 0 bridgehead atoms. The number of rotatable bonds is 6. The molecule has 0 fully saturated rings. The van der Waals surface area contributed by atoms with E-state index >= 15 is 0 Å². The molecule has 2 aromatic carbocycles. The molecule has 0 aliphatic carbocycles. The zero-order chi connectivity index (χ0) is 22.7. The van der Waals surface area contributed by atoms with Gasteiger partial charge < -0.3 is 15.1 Å². The van der Waals surface area contributed by atoms with Crippen molar-refractivity contribution in [3.63, 3.8) is 0 Å². The normalized spacial score (nSPS) is 10.5. The summed E-state index contributed by atoms with van der Waals surface area (Å²) in [5, 5.41) is 6.96. The summed E-state index contributed by atoms with van der Waals surface area (Å²) in [4.78, 5) is 29.4. The number of amides is 2. The number of fused-ring (bicyclic) bond motifs is 1. The Morgan fingerprint density at radius 2 is 1.76 bits per heavy atom. The molecule has 6 nitrogen and oxygen atoms in total. The largest absolute Gasteiger partial charge is 0.459 e. The minimum atomic E-state index is -0.446. The van der Waals surface area contributed by atoms with E-state index in [2.05, 4.69) is 15.6 Å².